The topological polar surface area (TPSA) is 57.9 Å². The molecule has 2 aliphatic heterocycles. The lowest BCUT2D eigenvalue weighted by Gasteiger charge is -2.32. The van der Waals surface area contributed by atoms with Gasteiger partial charge in [0.25, 0.3) is 0 Å². The molecule has 0 radical (unpaired) electrons. The molecular weight excluding hydrogens is 304 g/mol. The Morgan fingerprint density at radius 2 is 2.04 bits per heavy atom. The highest BCUT2D eigenvalue weighted by Crippen LogP contribution is 2.17. The highest BCUT2D eigenvalue weighted by atomic mass is 16.5. The lowest BCUT2D eigenvalue weighted by molar-refractivity contribution is 0.0195. The van der Waals surface area contributed by atoms with Gasteiger partial charge in [0.15, 0.2) is 5.96 Å². The van der Waals surface area contributed by atoms with Gasteiger partial charge >= 0.3 is 0 Å². The second kappa shape index (κ2) is 7.53. The summed E-state index contributed by atoms with van der Waals surface area (Å²) in [7, 11) is 3.86. The van der Waals surface area contributed by atoms with E-state index in [4.69, 9.17) is 4.74 Å². The van der Waals surface area contributed by atoms with Crippen LogP contribution in [0.3, 0.4) is 0 Å². The quantitative estimate of drug-likeness (QED) is 0.645. The van der Waals surface area contributed by atoms with Gasteiger partial charge in [-0.2, -0.15) is 5.10 Å². The molecule has 0 aliphatic carbocycles. The number of nitrogens with zero attached hydrogens (tertiary/aromatic N) is 5. The largest absolute Gasteiger partial charge is 0.379 e. The first-order valence-electron chi connectivity index (χ1n) is 8.86. The van der Waals surface area contributed by atoms with Crippen LogP contribution in [0.2, 0.25) is 0 Å². The highest BCUT2D eigenvalue weighted by Gasteiger charge is 2.30. The molecule has 2 saturated heterocycles. The zero-order chi connectivity index (χ0) is 17.1. The fraction of sp³-hybridized carbons (Fsp3) is 0.765. The average molecular weight is 334 g/mol. The van der Waals surface area contributed by atoms with Crippen LogP contribution in [0.25, 0.3) is 0 Å². The Balaban J connectivity index is 1.57. The summed E-state index contributed by atoms with van der Waals surface area (Å²) in [5.74, 6) is 0.994. The van der Waals surface area contributed by atoms with Gasteiger partial charge in [0.1, 0.15) is 0 Å². The van der Waals surface area contributed by atoms with E-state index in [9.17, 15) is 0 Å². The zero-order valence-corrected chi connectivity index (χ0v) is 15.4. The van der Waals surface area contributed by atoms with Crippen LogP contribution in [-0.2, 0) is 18.3 Å². The van der Waals surface area contributed by atoms with Crippen LogP contribution >= 0.6 is 0 Å². The van der Waals surface area contributed by atoms with E-state index < -0.39 is 0 Å². The summed E-state index contributed by atoms with van der Waals surface area (Å²) in [5.41, 5.74) is 3.57. The van der Waals surface area contributed by atoms with Gasteiger partial charge in [-0.25, -0.2) is 0 Å². The molecule has 1 N–H and O–H groups in total. The number of aromatic nitrogens is 2. The Bertz CT molecular complexity index is 590. The Hall–Kier alpha value is -1.60. The summed E-state index contributed by atoms with van der Waals surface area (Å²) in [4.78, 5) is 9.43. The molecule has 2 aliphatic rings. The fourth-order valence-electron chi connectivity index (χ4n) is 3.75. The molecule has 1 aromatic rings. The van der Waals surface area contributed by atoms with Crippen LogP contribution in [0, 0.1) is 13.8 Å². The molecule has 0 bridgehead atoms. The Kier molecular flexibility index (Phi) is 5.40. The lowest BCUT2D eigenvalue weighted by Crippen LogP contribution is -2.46. The Morgan fingerprint density at radius 3 is 2.67 bits per heavy atom. The van der Waals surface area contributed by atoms with Gasteiger partial charge < -0.3 is 15.0 Å². The van der Waals surface area contributed by atoms with Crippen molar-refractivity contribution in [3.05, 3.63) is 17.0 Å². The molecule has 0 amide bonds. The molecule has 7 heteroatoms. The van der Waals surface area contributed by atoms with E-state index in [1.165, 1.54) is 17.7 Å². The van der Waals surface area contributed by atoms with Crippen molar-refractivity contribution in [1.82, 2.24) is 24.9 Å². The van der Waals surface area contributed by atoms with Crippen molar-refractivity contribution in [2.45, 2.75) is 32.9 Å². The van der Waals surface area contributed by atoms with Crippen molar-refractivity contribution in [3.8, 4) is 0 Å². The number of likely N-dealkylation sites (tertiary alicyclic amines) is 1. The second-order valence-corrected chi connectivity index (χ2v) is 6.71. The van der Waals surface area contributed by atoms with Crippen molar-refractivity contribution in [2.75, 3.05) is 46.4 Å². The normalized spacial score (nSPS) is 23.1. The van der Waals surface area contributed by atoms with E-state index >= 15 is 0 Å². The third-order valence-electron chi connectivity index (χ3n) is 5.32. The van der Waals surface area contributed by atoms with E-state index in [0.717, 1.165) is 57.6 Å². The number of ether oxygens (including phenoxy) is 1. The van der Waals surface area contributed by atoms with E-state index in [0.29, 0.717) is 6.04 Å². The summed E-state index contributed by atoms with van der Waals surface area (Å²) >= 11 is 0. The van der Waals surface area contributed by atoms with Crippen LogP contribution in [-0.4, -0.2) is 78.0 Å². The van der Waals surface area contributed by atoms with Crippen LogP contribution < -0.4 is 5.32 Å². The van der Waals surface area contributed by atoms with Crippen molar-refractivity contribution in [3.63, 3.8) is 0 Å². The third kappa shape index (κ3) is 3.57. The van der Waals surface area contributed by atoms with Gasteiger partial charge in [0.2, 0.25) is 0 Å². The molecule has 3 heterocycles. The Morgan fingerprint density at radius 1 is 1.29 bits per heavy atom. The predicted octanol–water partition coefficient (Wildman–Crippen LogP) is 0.519. The molecule has 134 valence electrons. The van der Waals surface area contributed by atoms with E-state index in [1.54, 1.807) is 0 Å². The molecule has 1 atom stereocenters. The lowest BCUT2D eigenvalue weighted by atomic mass is 10.2. The van der Waals surface area contributed by atoms with Gasteiger partial charge in [0.05, 0.1) is 18.9 Å². The van der Waals surface area contributed by atoms with E-state index in [-0.39, 0.29) is 0 Å². The fourth-order valence-corrected chi connectivity index (χ4v) is 3.75. The van der Waals surface area contributed by atoms with Crippen molar-refractivity contribution < 1.29 is 4.74 Å². The number of aryl methyl sites for hydroxylation is 2. The smallest absolute Gasteiger partial charge is 0.193 e. The summed E-state index contributed by atoms with van der Waals surface area (Å²) in [6.45, 7) is 10.9. The molecule has 7 nitrogen and oxygen atoms in total. The van der Waals surface area contributed by atoms with Crippen LogP contribution in [0.15, 0.2) is 4.99 Å². The maximum absolute atomic E-state index is 5.47. The van der Waals surface area contributed by atoms with Crippen LogP contribution in [0.4, 0.5) is 0 Å². The minimum atomic E-state index is 0.620. The minimum Gasteiger partial charge on any atom is -0.379 e. The van der Waals surface area contributed by atoms with Crippen molar-refractivity contribution in [2.24, 2.45) is 12.0 Å². The minimum absolute atomic E-state index is 0.620. The summed E-state index contributed by atoms with van der Waals surface area (Å²) in [6.07, 6.45) is 1.20. The molecule has 0 spiro atoms. The van der Waals surface area contributed by atoms with Gasteiger partial charge in [-0.05, 0) is 20.3 Å². The van der Waals surface area contributed by atoms with Crippen molar-refractivity contribution in [1.29, 1.82) is 0 Å². The molecule has 1 unspecified atom stereocenters. The maximum atomic E-state index is 5.47. The van der Waals surface area contributed by atoms with Crippen LogP contribution in [0.5, 0.6) is 0 Å². The first kappa shape index (κ1) is 17.2. The molecule has 2 fully saturated rings. The second-order valence-electron chi connectivity index (χ2n) is 6.71. The van der Waals surface area contributed by atoms with E-state index in [2.05, 4.69) is 39.1 Å². The maximum Gasteiger partial charge on any atom is 0.193 e. The highest BCUT2D eigenvalue weighted by molar-refractivity contribution is 5.80. The molecule has 24 heavy (non-hydrogen) atoms. The predicted molar refractivity (Wildman–Crippen MR) is 95.3 cm³/mol. The SMILES string of the molecule is CN=C(NCc1c(C)nn(C)c1C)N1CCC(N2CCOCC2)C1. The summed E-state index contributed by atoms with van der Waals surface area (Å²) in [5, 5.41) is 8.02. The first-order chi connectivity index (χ1) is 11.6. The average Bonchev–Trinajstić information content (AvgIpc) is 3.17. The monoisotopic (exact) mass is 334 g/mol. The number of morpholine rings is 1. The number of aliphatic imine (C=N–C) groups is 1. The van der Waals surface area contributed by atoms with Gasteiger partial charge in [-0.15, -0.1) is 0 Å². The number of nitrogens with one attached hydrogen (secondary N) is 1. The zero-order valence-electron chi connectivity index (χ0n) is 15.4. The molecule has 0 aromatic carbocycles. The Labute approximate surface area is 144 Å². The van der Waals surface area contributed by atoms with Crippen molar-refractivity contribution >= 4 is 5.96 Å². The van der Waals surface area contributed by atoms with Gasteiger partial charge in [-0.1, -0.05) is 0 Å². The first-order valence-corrected chi connectivity index (χ1v) is 8.86. The summed E-state index contributed by atoms with van der Waals surface area (Å²) in [6, 6.07) is 0.620. The number of hydrogen-bond acceptors (Lipinski definition) is 4. The molecular formula is C17H30N6O. The van der Waals surface area contributed by atoms with Gasteiger partial charge in [0, 0.05) is 64.1 Å². The van der Waals surface area contributed by atoms with E-state index in [1.807, 2.05) is 18.8 Å². The molecule has 0 saturated carbocycles. The number of hydrogen-bond donors (Lipinski definition) is 1. The van der Waals surface area contributed by atoms with Crippen LogP contribution in [0.1, 0.15) is 23.4 Å². The molecule has 3 rings (SSSR count). The summed E-state index contributed by atoms with van der Waals surface area (Å²) < 4.78 is 7.41. The molecule has 1 aromatic heterocycles. The number of rotatable bonds is 3. The number of guanidine groups is 1. The van der Waals surface area contributed by atoms with Gasteiger partial charge in [-0.3, -0.25) is 14.6 Å². The standard InChI is InChI=1S/C17H30N6O/c1-13-16(14(2)21(4)20-13)11-19-17(18-3)23-6-5-15(12-23)22-7-9-24-10-8-22/h15H,5-12H2,1-4H3,(H,18,19). The third-order valence-corrected chi connectivity index (χ3v) is 5.32.